The van der Waals surface area contributed by atoms with Crippen molar-refractivity contribution in [3.05, 3.63) is 35.9 Å². The highest BCUT2D eigenvalue weighted by Gasteiger charge is 2.45. The first-order valence-electron chi connectivity index (χ1n) is 10.7. The lowest BCUT2D eigenvalue weighted by Gasteiger charge is -2.51. The molecule has 1 spiro atoms. The van der Waals surface area contributed by atoms with Crippen molar-refractivity contribution in [2.24, 2.45) is 11.3 Å². The quantitative estimate of drug-likeness (QED) is 0.630. The number of ether oxygens (including phenoxy) is 1. The molecular formula is C20H26N8O3. The molecule has 0 radical (unpaired) electrons. The summed E-state index contributed by atoms with van der Waals surface area (Å²) in [5.41, 5.74) is 1.67. The summed E-state index contributed by atoms with van der Waals surface area (Å²) in [5.74, 6) is 0.500. The van der Waals surface area contributed by atoms with Crippen LogP contribution in [0.25, 0.3) is 5.82 Å². The minimum absolute atomic E-state index is 0.187. The topological polar surface area (TPSA) is 131 Å². The van der Waals surface area contributed by atoms with E-state index in [9.17, 15) is 9.90 Å². The number of aliphatic hydroxyl groups is 1. The van der Waals surface area contributed by atoms with Gasteiger partial charge in [0.25, 0.3) is 0 Å². The van der Waals surface area contributed by atoms with E-state index in [0.717, 1.165) is 51.1 Å². The number of hydrogen-bond donors (Lipinski definition) is 2. The van der Waals surface area contributed by atoms with Crippen molar-refractivity contribution in [2.75, 3.05) is 32.8 Å². The number of tetrazole rings is 1. The maximum atomic E-state index is 11.5. The van der Waals surface area contributed by atoms with Crippen molar-refractivity contribution in [3.63, 3.8) is 0 Å². The van der Waals surface area contributed by atoms with E-state index in [1.165, 1.54) is 11.0 Å². The number of nitrogens with zero attached hydrogens (tertiary/aromatic N) is 7. The fraction of sp³-hybridized carbons (Fsp3) is 0.600. The summed E-state index contributed by atoms with van der Waals surface area (Å²) in [6, 6.07) is 3.53. The van der Waals surface area contributed by atoms with Crippen molar-refractivity contribution >= 4 is 5.97 Å². The van der Waals surface area contributed by atoms with Gasteiger partial charge in [0.15, 0.2) is 5.82 Å². The molecule has 2 aromatic heterocycles. The second kappa shape index (κ2) is 8.31. The number of hydrogen-bond acceptors (Lipinski definition) is 10. The third-order valence-corrected chi connectivity index (χ3v) is 6.94. The van der Waals surface area contributed by atoms with Gasteiger partial charge in [-0.25, -0.2) is 4.79 Å². The molecule has 5 heterocycles. The number of cyclic esters (lactones) is 1. The van der Waals surface area contributed by atoms with E-state index in [2.05, 4.69) is 35.9 Å². The Kier molecular flexibility index (Phi) is 5.36. The number of aromatic nitrogens is 6. The van der Waals surface area contributed by atoms with Crippen molar-refractivity contribution in [1.29, 1.82) is 0 Å². The van der Waals surface area contributed by atoms with Gasteiger partial charge in [0.05, 0.1) is 17.5 Å². The zero-order valence-electron chi connectivity index (χ0n) is 17.2. The number of carbonyl (C=O) groups is 1. The highest BCUT2D eigenvalue weighted by Crippen LogP contribution is 2.47. The van der Waals surface area contributed by atoms with E-state index in [1.807, 2.05) is 0 Å². The zero-order valence-corrected chi connectivity index (χ0v) is 17.2. The van der Waals surface area contributed by atoms with Crippen LogP contribution in [0.4, 0.5) is 0 Å². The second-order valence-electron chi connectivity index (χ2n) is 8.57. The molecule has 2 N–H and O–H groups in total. The number of rotatable bonds is 5. The van der Waals surface area contributed by atoms with Gasteiger partial charge in [-0.3, -0.25) is 0 Å². The molecule has 31 heavy (non-hydrogen) atoms. The Labute approximate surface area is 179 Å². The first-order chi connectivity index (χ1) is 15.1. The highest BCUT2D eigenvalue weighted by molar-refractivity contribution is 5.85. The normalized spacial score (nSPS) is 24.2. The van der Waals surface area contributed by atoms with Gasteiger partial charge in [0, 0.05) is 19.2 Å². The number of piperidine rings is 2. The molecule has 0 aromatic carbocycles. The second-order valence-corrected chi connectivity index (χ2v) is 8.57. The SMILES string of the molecule is O=C1C=C(N2CCC3(CCNCC3)[C@@H](CC(O)c3ccc(-n4cnnn4)nn3)C2)CO1. The fourth-order valence-electron chi connectivity index (χ4n) is 5.12. The van der Waals surface area contributed by atoms with E-state index in [4.69, 9.17) is 4.74 Å². The molecule has 3 aliphatic heterocycles. The van der Waals surface area contributed by atoms with E-state index in [0.29, 0.717) is 24.5 Å². The Hall–Kier alpha value is -2.92. The van der Waals surface area contributed by atoms with E-state index in [-0.39, 0.29) is 17.3 Å². The Balaban J connectivity index is 1.33. The molecule has 2 aromatic rings. The first-order valence-corrected chi connectivity index (χ1v) is 10.7. The predicted octanol–water partition coefficient (Wildman–Crippen LogP) is 0.00820. The summed E-state index contributed by atoms with van der Waals surface area (Å²) in [6.45, 7) is 4.05. The van der Waals surface area contributed by atoms with Crippen LogP contribution in [0.1, 0.15) is 37.5 Å². The molecular weight excluding hydrogens is 400 g/mol. The molecule has 164 valence electrons. The average molecular weight is 426 g/mol. The van der Waals surface area contributed by atoms with Gasteiger partial charge in [-0.1, -0.05) is 0 Å². The van der Waals surface area contributed by atoms with E-state index < -0.39 is 6.10 Å². The maximum absolute atomic E-state index is 11.5. The minimum Gasteiger partial charge on any atom is -0.456 e. The third kappa shape index (κ3) is 4.02. The van der Waals surface area contributed by atoms with Crippen LogP contribution in [-0.4, -0.2) is 79.2 Å². The monoisotopic (exact) mass is 426 g/mol. The van der Waals surface area contributed by atoms with Crippen LogP contribution >= 0.6 is 0 Å². The Morgan fingerprint density at radius 1 is 1.26 bits per heavy atom. The van der Waals surface area contributed by atoms with Crippen LogP contribution < -0.4 is 5.32 Å². The Morgan fingerprint density at radius 2 is 2.13 bits per heavy atom. The van der Waals surface area contributed by atoms with Crippen LogP contribution in [0, 0.1) is 11.3 Å². The Morgan fingerprint density at radius 3 is 2.81 bits per heavy atom. The van der Waals surface area contributed by atoms with Gasteiger partial charge < -0.3 is 20.1 Å². The van der Waals surface area contributed by atoms with Gasteiger partial charge in [0.1, 0.15) is 12.9 Å². The number of likely N-dealkylation sites (tertiary alicyclic amines) is 1. The summed E-state index contributed by atoms with van der Waals surface area (Å²) in [7, 11) is 0. The standard InChI is InChI=1S/C20H26N8O3/c29-17(16-1-2-18(24-23-16)28-13-22-25-26-28)9-14-11-27(15-10-19(30)31-12-15)8-5-20(14)3-6-21-7-4-20/h1-2,10,13-14,17,21,29H,3-9,11-12H2/t14-,17?/m0/s1. The van der Waals surface area contributed by atoms with Crippen LogP contribution in [-0.2, 0) is 9.53 Å². The van der Waals surface area contributed by atoms with Gasteiger partial charge in [-0.05, 0) is 72.7 Å². The molecule has 1 unspecified atom stereocenters. The summed E-state index contributed by atoms with van der Waals surface area (Å²) < 4.78 is 6.54. The summed E-state index contributed by atoms with van der Waals surface area (Å²) in [4.78, 5) is 13.8. The largest absolute Gasteiger partial charge is 0.456 e. The molecule has 2 saturated heterocycles. The smallest absolute Gasteiger partial charge is 0.333 e. The number of carbonyl (C=O) groups excluding carboxylic acids is 1. The molecule has 11 heteroatoms. The maximum Gasteiger partial charge on any atom is 0.333 e. The first kappa shape index (κ1) is 20.0. The van der Waals surface area contributed by atoms with Crippen molar-refractivity contribution in [1.82, 2.24) is 40.6 Å². The zero-order chi connectivity index (χ0) is 21.3. The third-order valence-electron chi connectivity index (χ3n) is 6.94. The average Bonchev–Trinajstić information content (AvgIpc) is 3.48. The molecule has 0 saturated carbocycles. The molecule has 3 aliphatic rings. The molecule has 2 fully saturated rings. The number of esters is 1. The van der Waals surface area contributed by atoms with Gasteiger partial charge in [-0.15, -0.1) is 10.2 Å². The van der Waals surface area contributed by atoms with Gasteiger partial charge in [-0.2, -0.15) is 9.78 Å². The summed E-state index contributed by atoms with van der Waals surface area (Å²) in [5, 5.41) is 33.9. The lowest BCUT2D eigenvalue weighted by atomic mass is 9.63. The predicted molar refractivity (Wildman–Crippen MR) is 108 cm³/mol. The van der Waals surface area contributed by atoms with Crippen molar-refractivity contribution in [2.45, 2.75) is 31.8 Å². The van der Waals surface area contributed by atoms with Crippen LogP contribution in [0.3, 0.4) is 0 Å². The van der Waals surface area contributed by atoms with Gasteiger partial charge in [0.2, 0.25) is 0 Å². The molecule has 2 atom stereocenters. The summed E-state index contributed by atoms with van der Waals surface area (Å²) >= 11 is 0. The Bertz CT molecular complexity index is 940. The minimum atomic E-state index is -0.720. The van der Waals surface area contributed by atoms with E-state index >= 15 is 0 Å². The summed E-state index contributed by atoms with van der Waals surface area (Å²) in [6.07, 6.45) is 6.15. The number of aliphatic hydroxyl groups excluding tert-OH is 1. The van der Waals surface area contributed by atoms with Gasteiger partial charge >= 0.3 is 5.97 Å². The molecule has 0 bridgehead atoms. The lowest BCUT2D eigenvalue weighted by molar-refractivity contribution is -0.135. The van der Waals surface area contributed by atoms with Crippen molar-refractivity contribution < 1.29 is 14.6 Å². The molecule has 11 nitrogen and oxygen atoms in total. The highest BCUT2D eigenvalue weighted by atomic mass is 16.5. The lowest BCUT2D eigenvalue weighted by Crippen LogP contribution is -2.51. The molecule has 0 amide bonds. The molecule has 0 aliphatic carbocycles. The number of nitrogens with one attached hydrogen (secondary N) is 1. The fourth-order valence-corrected chi connectivity index (χ4v) is 5.12. The van der Waals surface area contributed by atoms with Crippen molar-refractivity contribution in [3.8, 4) is 5.82 Å². The van der Waals surface area contributed by atoms with E-state index in [1.54, 1.807) is 18.2 Å². The van der Waals surface area contributed by atoms with Crippen LogP contribution in [0.15, 0.2) is 30.2 Å². The van der Waals surface area contributed by atoms with Crippen LogP contribution in [0.2, 0.25) is 0 Å². The van der Waals surface area contributed by atoms with Crippen LogP contribution in [0.5, 0.6) is 0 Å². The molecule has 5 rings (SSSR count).